The average Bonchev–Trinajstić information content (AvgIpc) is 2.39. The molecule has 1 rings (SSSR count). The predicted octanol–water partition coefficient (Wildman–Crippen LogP) is 0.707. The Kier molecular flexibility index (Phi) is 5.35. The zero-order valence-corrected chi connectivity index (χ0v) is 8.88. The van der Waals surface area contributed by atoms with Crippen LogP contribution in [0, 0.1) is 0 Å². The van der Waals surface area contributed by atoms with Crippen molar-refractivity contribution in [3.8, 4) is 0 Å². The van der Waals surface area contributed by atoms with E-state index in [1.54, 1.807) is 0 Å². The smallest absolute Gasteiger partial charge is 0.0584 e. The SMILES string of the molecule is CNCCN1CCCC(OC)CC1. The Balaban J connectivity index is 2.19. The minimum Gasteiger partial charge on any atom is -0.381 e. The van der Waals surface area contributed by atoms with Crippen LogP contribution < -0.4 is 5.32 Å². The molecule has 1 aliphatic rings. The molecular weight excluding hydrogens is 164 g/mol. The Morgan fingerprint density at radius 3 is 2.92 bits per heavy atom. The summed E-state index contributed by atoms with van der Waals surface area (Å²) < 4.78 is 5.38. The van der Waals surface area contributed by atoms with E-state index in [0.717, 1.165) is 6.54 Å². The summed E-state index contributed by atoms with van der Waals surface area (Å²) in [6, 6.07) is 0. The second-order valence-corrected chi connectivity index (χ2v) is 3.73. The molecule has 1 fully saturated rings. The third-order valence-corrected chi connectivity index (χ3v) is 2.78. The fraction of sp³-hybridized carbons (Fsp3) is 1.00. The van der Waals surface area contributed by atoms with Gasteiger partial charge in [-0.05, 0) is 32.9 Å². The molecule has 1 unspecified atom stereocenters. The van der Waals surface area contributed by atoms with Crippen LogP contribution >= 0.6 is 0 Å². The van der Waals surface area contributed by atoms with E-state index in [4.69, 9.17) is 4.74 Å². The summed E-state index contributed by atoms with van der Waals surface area (Å²) in [5.41, 5.74) is 0. The zero-order chi connectivity index (χ0) is 9.52. The molecule has 0 saturated carbocycles. The summed E-state index contributed by atoms with van der Waals surface area (Å²) in [5.74, 6) is 0. The van der Waals surface area contributed by atoms with Crippen LogP contribution in [0.15, 0.2) is 0 Å². The lowest BCUT2D eigenvalue weighted by molar-refractivity contribution is 0.0898. The molecule has 1 atom stereocenters. The van der Waals surface area contributed by atoms with Gasteiger partial charge in [0, 0.05) is 26.7 Å². The van der Waals surface area contributed by atoms with Crippen molar-refractivity contribution < 1.29 is 4.74 Å². The topological polar surface area (TPSA) is 24.5 Å². The number of hydrogen-bond acceptors (Lipinski definition) is 3. The minimum absolute atomic E-state index is 0.500. The maximum absolute atomic E-state index is 5.38. The van der Waals surface area contributed by atoms with Gasteiger partial charge in [0.05, 0.1) is 6.10 Å². The summed E-state index contributed by atoms with van der Waals surface area (Å²) >= 11 is 0. The van der Waals surface area contributed by atoms with Crippen LogP contribution in [0.5, 0.6) is 0 Å². The third-order valence-electron chi connectivity index (χ3n) is 2.78. The van der Waals surface area contributed by atoms with Crippen molar-refractivity contribution in [2.24, 2.45) is 0 Å². The quantitative estimate of drug-likeness (QED) is 0.699. The van der Waals surface area contributed by atoms with E-state index in [1.165, 1.54) is 38.9 Å². The number of ether oxygens (including phenoxy) is 1. The van der Waals surface area contributed by atoms with Crippen LogP contribution in [-0.2, 0) is 4.74 Å². The molecule has 1 N–H and O–H groups in total. The molecule has 1 aliphatic heterocycles. The Bertz CT molecular complexity index is 130. The van der Waals surface area contributed by atoms with Gasteiger partial charge in [0.25, 0.3) is 0 Å². The van der Waals surface area contributed by atoms with E-state index in [9.17, 15) is 0 Å². The summed E-state index contributed by atoms with van der Waals surface area (Å²) in [6.07, 6.45) is 4.20. The molecule has 1 heterocycles. The van der Waals surface area contributed by atoms with Gasteiger partial charge >= 0.3 is 0 Å². The number of nitrogens with zero attached hydrogens (tertiary/aromatic N) is 1. The van der Waals surface area contributed by atoms with Gasteiger partial charge in [-0.2, -0.15) is 0 Å². The Morgan fingerprint density at radius 1 is 1.38 bits per heavy atom. The monoisotopic (exact) mass is 186 g/mol. The fourth-order valence-electron chi connectivity index (χ4n) is 1.85. The van der Waals surface area contributed by atoms with Crippen LogP contribution in [0.4, 0.5) is 0 Å². The Hall–Kier alpha value is -0.120. The first-order chi connectivity index (χ1) is 6.36. The second kappa shape index (κ2) is 6.35. The number of likely N-dealkylation sites (tertiary alicyclic amines) is 1. The van der Waals surface area contributed by atoms with E-state index in [1.807, 2.05) is 14.2 Å². The first-order valence-corrected chi connectivity index (χ1v) is 5.26. The summed E-state index contributed by atoms with van der Waals surface area (Å²) in [5, 5.41) is 3.19. The van der Waals surface area contributed by atoms with Crippen molar-refractivity contribution in [1.29, 1.82) is 0 Å². The highest BCUT2D eigenvalue weighted by atomic mass is 16.5. The summed E-state index contributed by atoms with van der Waals surface area (Å²) in [7, 11) is 3.84. The van der Waals surface area contributed by atoms with Gasteiger partial charge in [-0.3, -0.25) is 0 Å². The molecule has 0 aromatic rings. The fourth-order valence-corrected chi connectivity index (χ4v) is 1.85. The van der Waals surface area contributed by atoms with Gasteiger partial charge in [-0.15, -0.1) is 0 Å². The standard InChI is InChI=1S/C10H22N2O/c1-11-6-9-12-7-3-4-10(13-2)5-8-12/h10-11H,3-9H2,1-2H3. The van der Waals surface area contributed by atoms with E-state index >= 15 is 0 Å². The van der Waals surface area contributed by atoms with Gasteiger partial charge in [0.1, 0.15) is 0 Å². The van der Waals surface area contributed by atoms with Crippen LogP contribution in [-0.4, -0.2) is 51.3 Å². The molecule has 3 heteroatoms. The zero-order valence-electron chi connectivity index (χ0n) is 8.88. The molecule has 78 valence electrons. The predicted molar refractivity (Wildman–Crippen MR) is 55.0 cm³/mol. The van der Waals surface area contributed by atoms with Gasteiger partial charge < -0.3 is 15.0 Å². The van der Waals surface area contributed by atoms with E-state index in [0.29, 0.717) is 6.10 Å². The number of hydrogen-bond donors (Lipinski definition) is 1. The number of likely N-dealkylation sites (N-methyl/N-ethyl adjacent to an activating group) is 1. The largest absolute Gasteiger partial charge is 0.381 e. The van der Waals surface area contributed by atoms with E-state index < -0.39 is 0 Å². The molecule has 0 spiro atoms. The maximum atomic E-state index is 5.38. The van der Waals surface area contributed by atoms with Gasteiger partial charge in [-0.25, -0.2) is 0 Å². The van der Waals surface area contributed by atoms with E-state index in [-0.39, 0.29) is 0 Å². The molecule has 0 aliphatic carbocycles. The molecular formula is C10H22N2O. The normalized spacial score (nSPS) is 25.8. The second-order valence-electron chi connectivity index (χ2n) is 3.73. The molecule has 13 heavy (non-hydrogen) atoms. The van der Waals surface area contributed by atoms with Gasteiger partial charge in [0.15, 0.2) is 0 Å². The van der Waals surface area contributed by atoms with Crippen molar-refractivity contribution >= 4 is 0 Å². The van der Waals surface area contributed by atoms with Gasteiger partial charge in [0.2, 0.25) is 0 Å². The van der Waals surface area contributed by atoms with Crippen molar-refractivity contribution in [3.05, 3.63) is 0 Å². The maximum Gasteiger partial charge on any atom is 0.0584 e. The molecule has 3 nitrogen and oxygen atoms in total. The average molecular weight is 186 g/mol. The lowest BCUT2D eigenvalue weighted by Gasteiger charge is -2.19. The van der Waals surface area contributed by atoms with Crippen molar-refractivity contribution in [2.75, 3.05) is 40.3 Å². The summed E-state index contributed by atoms with van der Waals surface area (Å²) in [4.78, 5) is 2.52. The first-order valence-electron chi connectivity index (χ1n) is 5.26. The first kappa shape index (κ1) is 11.0. The molecule has 1 saturated heterocycles. The van der Waals surface area contributed by atoms with Crippen molar-refractivity contribution in [1.82, 2.24) is 10.2 Å². The Labute approximate surface area is 81.4 Å². The minimum atomic E-state index is 0.500. The van der Waals surface area contributed by atoms with Crippen molar-refractivity contribution in [2.45, 2.75) is 25.4 Å². The van der Waals surface area contributed by atoms with Crippen LogP contribution in [0.1, 0.15) is 19.3 Å². The summed E-state index contributed by atoms with van der Waals surface area (Å²) in [6.45, 7) is 4.70. The molecule has 0 amide bonds. The number of methoxy groups -OCH3 is 1. The Morgan fingerprint density at radius 2 is 2.23 bits per heavy atom. The van der Waals surface area contributed by atoms with Crippen LogP contribution in [0.3, 0.4) is 0 Å². The van der Waals surface area contributed by atoms with E-state index in [2.05, 4.69) is 10.2 Å². The van der Waals surface area contributed by atoms with Crippen molar-refractivity contribution in [3.63, 3.8) is 0 Å². The molecule has 0 aromatic carbocycles. The molecule has 0 bridgehead atoms. The lowest BCUT2D eigenvalue weighted by atomic mass is 10.2. The van der Waals surface area contributed by atoms with Crippen LogP contribution in [0.25, 0.3) is 0 Å². The number of nitrogens with one attached hydrogen (secondary N) is 1. The van der Waals surface area contributed by atoms with Crippen LogP contribution in [0.2, 0.25) is 0 Å². The molecule has 0 radical (unpaired) electrons. The lowest BCUT2D eigenvalue weighted by Crippen LogP contribution is -2.31. The molecule has 0 aromatic heterocycles. The third kappa shape index (κ3) is 4.07. The highest BCUT2D eigenvalue weighted by Gasteiger charge is 2.15. The highest BCUT2D eigenvalue weighted by Crippen LogP contribution is 2.12. The number of rotatable bonds is 4. The highest BCUT2D eigenvalue weighted by molar-refractivity contribution is 4.70. The van der Waals surface area contributed by atoms with Gasteiger partial charge in [-0.1, -0.05) is 0 Å².